The van der Waals surface area contributed by atoms with E-state index in [0.29, 0.717) is 22.6 Å². The summed E-state index contributed by atoms with van der Waals surface area (Å²) in [5.74, 6) is -0.124. The number of halogens is 1. The number of H-pyrrole nitrogens is 1. The smallest absolute Gasteiger partial charge is 0.272 e. The van der Waals surface area contributed by atoms with Gasteiger partial charge in [0.05, 0.1) is 23.0 Å². The summed E-state index contributed by atoms with van der Waals surface area (Å²) in [6.45, 7) is 0. The van der Waals surface area contributed by atoms with Crippen LogP contribution in [0.3, 0.4) is 0 Å². The number of aromatic amines is 1. The second-order valence-electron chi connectivity index (χ2n) is 6.75. The minimum absolute atomic E-state index is 0.144. The molecule has 0 saturated carbocycles. The summed E-state index contributed by atoms with van der Waals surface area (Å²) >= 11 is 0. The van der Waals surface area contributed by atoms with Crippen molar-refractivity contribution in [2.45, 2.75) is 12.0 Å². The van der Waals surface area contributed by atoms with Gasteiger partial charge in [0.2, 0.25) is 0 Å². The Hall–Kier alpha value is -3.75. The molecule has 3 heterocycles. The SMILES string of the molecule is Cn1ncnc1[C@@H]1c2n[nH]c(=O)c3cc(F)cc(c23)N[C@H]1c1ccc(O)cc1. The lowest BCUT2D eigenvalue weighted by atomic mass is 9.83. The number of anilines is 1. The van der Waals surface area contributed by atoms with Crippen molar-refractivity contribution in [1.29, 1.82) is 0 Å². The Bertz CT molecular complexity index is 1260. The van der Waals surface area contributed by atoms with E-state index in [4.69, 9.17) is 0 Å². The molecule has 0 unspecified atom stereocenters. The summed E-state index contributed by atoms with van der Waals surface area (Å²) in [5, 5.41) is 24.7. The average Bonchev–Trinajstić information content (AvgIpc) is 3.10. The molecule has 140 valence electrons. The zero-order valence-corrected chi connectivity index (χ0v) is 14.7. The number of nitrogens with one attached hydrogen (secondary N) is 2. The predicted molar refractivity (Wildman–Crippen MR) is 99.6 cm³/mol. The van der Waals surface area contributed by atoms with Crippen LogP contribution in [0.1, 0.15) is 29.0 Å². The summed E-state index contributed by atoms with van der Waals surface area (Å²) in [5.41, 5.74) is 1.46. The fraction of sp³-hybridized carbons (Fsp3) is 0.158. The van der Waals surface area contributed by atoms with Crippen LogP contribution >= 0.6 is 0 Å². The molecule has 5 rings (SSSR count). The van der Waals surface area contributed by atoms with Crippen LogP contribution in [0.5, 0.6) is 5.75 Å². The summed E-state index contributed by atoms with van der Waals surface area (Å²) in [4.78, 5) is 16.6. The van der Waals surface area contributed by atoms with E-state index in [2.05, 4.69) is 25.6 Å². The summed E-state index contributed by atoms with van der Waals surface area (Å²) in [6, 6.07) is 8.93. The first-order valence-electron chi connectivity index (χ1n) is 8.64. The number of phenolic OH excluding ortho intramolecular Hbond substituents is 1. The number of aromatic hydroxyl groups is 1. The maximum absolute atomic E-state index is 14.2. The molecule has 0 radical (unpaired) electrons. The van der Waals surface area contributed by atoms with Gasteiger partial charge in [0.1, 0.15) is 23.7 Å². The largest absolute Gasteiger partial charge is 0.508 e. The number of nitrogens with zero attached hydrogens (tertiary/aromatic N) is 4. The maximum atomic E-state index is 14.2. The fourth-order valence-electron chi connectivity index (χ4n) is 3.85. The van der Waals surface area contributed by atoms with Gasteiger partial charge in [-0.15, -0.1) is 0 Å². The lowest BCUT2D eigenvalue weighted by molar-refractivity contribution is 0.474. The Kier molecular flexibility index (Phi) is 3.45. The van der Waals surface area contributed by atoms with Crippen LogP contribution in [0, 0.1) is 5.82 Å². The van der Waals surface area contributed by atoms with Gasteiger partial charge in [0.25, 0.3) is 5.56 Å². The van der Waals surface area contributed by atoms with Crippen LogP contribution in [0.4, 0.5) is 10.1 Å². The van der Waals surface area contributed by atoms with Crippen molar-refractivity contribution in [2.24, 2.45) is 7.05 Å². The summed E-state index contributed by atoms with van der Waals surface area (Å²) < 4.78 is 15.8. The standard InChI is InChI=1S/C19H15FN6O2/c1-26-18(21-8-22-26)15-16(9-2-4-11(27)5-3-9)23-13-7-10(20)6-12-14(13)17(15)24-25-19(12)28/h2-8,15-16,23,27H,1H3,(H,25,28)/t15-,16-/m0/s1. The lowest BCUT2D eigenvalue weighted by Gasteiger charge is -2.33. The zero-order valence-electron chi connectivity index (χ0n) is 14.7. The number of rotatable bonds is 2. The highest BCUT2D eigenvalue weighted by atomic mass is 19.1. The molecule has 0 bridgehead atoms. The van der Waals surface area contributed by atoms with Crippen LogP contribution in [-0.4, -0.2) is 30.1 Å². The van der Waals surface area contributed by atoms with Crippen LogP contribution in [-0.2, 0) is 7.05 Å². The van der Waals surface area contributed by atoms with E-state index in [-0.39, 0.29) is 17.2 Å². The molecule has 8 nitrogen and oxygen atoms in total. The van der Waals surface area contributed by atoms with Gasteiger partial charge in [-0.05, 0) is 29.8 Å². The van der Waals surface area contributed by atoms with E-state index in [9.17, 15) is 14.3 Å². The molecular weight excluding hydrogens is 363 g/mol. The van der Waals surface area contributed by atoms with Gasteiger partial charge in [-0.1, -0.05) is 12.1 Å². The number of aryl methyl sites for hydroxylation is 1. The Balaban J connectivity index is 1.82. The first-order chi connectivity index (χ1) is 13.5. The Morgan fingerprint density at radius 3 is 2.71 bits per heavy atom. The van der Waals surface area contributed by atoms with Crippen molar-refractivity contribution in [3.05, 3.63) is 76.0 Å². The number of phenols is 1. The molecule has 0 aliphatic carbocycles. The zero-order chi connectivity index (χ0) is 19.4. The molecule has 28 heavy (non-hydrogen) atoms. The van der Waals surface area contributed by atoms with Crippen LogP contribution in [0.2, 0.25) is 0 Å². The molecule has 1 aliphatic rings. The third-order valence-electron chi connectivity index (χ3n) is 5.10. The normalized spacial score (nSPS) is 18.2. The van der Waals surface area contributed by atoms with Crippen molar-refractivity contribution in [3.63, 3.8) is 0 Å². The first-order valence-corrected chi connectivity index (χ1v) is 8.64. The number of benzene rings is 2. The van der Waals surface area contributed by atoms with Crippen LogP contribution in [0.25, 0.3) is 10.8 Å². The van der Waals surface area contributed by atoms with E-state index in [1.54, 1.807) is 36.0 Å². The minimum Gasteiger partial charge on any atom is -0.508 e. The molecule has 3 N–H and O–H groups in total. The molecule has 1 aliphatic heterocycles. The third kappa shape index (κ3) is 2.36. The molecular formula is C19H15FN6O2. The van der Waals surface area contributed by atoms with Gasteiger partial charge >= 0.3 is 0 Å². The highest BCUT2D eigenvalue weighted by molar-refractivity contribution is 5.97. The van der Waals surface area contributed by atoms with Crippen molar-refractivity contribution in [3.8, 4) is 5.75 Å². The van der Waals surface area contributed by atoms with E-state index >= 15 is 0 Å². The quantitative estimate of drug-likeness (QED) is 0.493. The van der Waals surface area contributed by atoms with E-state index in [0.717, 1.165) is 5.56 Å². The van der Waals surface area contributed by atoms with Gasteiger partial charge in [0, 0.05) is 18.1 Å². The molecule has 4 aromatic rings. The number of hydrogen-bond donors (Lipinski definition) is 3. The van der Waals surface area contributed by atoms with E-state index < -0.39 is 17.3 Å². The molecule has 2 aromatic heterocycles. The summed E-state index contributed by atoms with van der Waals surface area (Å²) in [7, 11) is 1.78. The molecule has 9 heteroatoms. The highest BCUT2D eigenvalue weighted by Crippen LogP contribution is 2.45. The van der Waals surface area contributed by atoms with E-state index in [1.165, 1.54) is 18.5 Å². The van der Waals surface area contributed by atoms with Gasteiger partial charge in [-0.2, -0.15) is 10.2 Å². The van der Waals surface area contributed by atoms with Crippen LogP contribution in [0.15, 0.2) is 47.5 Å². The van der Waals surface area contributed by atoms with Crippen molar-refractivity contribution in [2.75, 3.05) is 5.32 Å². The topological polar surface area (TPSA) is 109 Å². The molecule has 0 saturated heterocycles. The second-order valence-corrected chi connectivity index (χ2v) is 6.75. The predicted octanol–water partition coefficient (Wildman–Crippen LogP) is 2.19. The van der Waals surface area contributed by atoms with Crippen molar-refractivity contribution in [1.82, 2.24) is 25.0 Å². The van der Waals surface area contributed by atoms with Gasteiger partial charge in [-0.25, -0.2) is 14.5 Å². The molecule has 2 aromatic carbocycles. The first kappa shape index (κ1) is 16.4. The second kappa shape index (κ2) is 5.88. The monoisotopic (exact) mass is 378 g/mol. The van der Waals surface area contributed by atoms with Gasteiger partial charge < -0.3 is 10.4 Å². The maximum Gasteiger partial charge on any atom is 0.272 e. The number of aromatic nitrogens is 5. The molecule has 0 spiro atoms. The fourth-order valence-corrected chi connectivity index (χ4v) is 3.85. The highest BCUT2D eigenvalue weighted by Gasteiger charge is 2.37. The Labute approximate surface area is 157 Å². The summed E-state index contributed by atoms with van der Waals surface area (Å²) in [6.07, 6.45) is 1.45. The molecule has 0 amide bonds. The average molecular weight is 378 g/mol. The molecule has 2 atom stereocenters. The van der Waals surface area contributed by atoms with E-state index in [1.807, 2.05) is 0 Å². The Morgan fingerprint density at radius 1 is 1.21 bits per heavy atom. The van der Waals surface area contributed by atoms with Crippen LogP contribution < -0.4 is 10.9 Å². The van der Waals surface area contributed by atoms with Gasteiger partial charge in [0.15, 0.2) is 0 Å². The van der Waals surface area contributed by atoms with Crippen molar-refractivity contribution >= 4 is 16.5 Å². The van der Waals surface area contributed by atoms with Gasteiger partial charge in [-0.3, -0.25) is 9.48 Å². The minimum atomic E-state index is -0.515. The lowest BCUT2D eigenvalue weighted by Crippen LogP contribution is -2.30. The van der Waals surface area contributed by atoms with Crippen molar-refractivity contribution < 1.29 is 9.50 Å². The molecule has 0 fully saturated rings. The third-order valence-corrected chi connectivity index (χ3v) is 5.10. The Morgan fingerprint density at radius 2 is 2.00 bits per heavy atom. The number of hydrogen-bond acceptors (Lipinski definition) is 6.